The van der Waals surface area contributed by atoms with Crippen molar-refractivity contribution in [2.45, 2.75) is 26.3 Å². The number of piperazine rings is 1. The average molecular weight is 451 g/mol. The molecule has 0 radical (unpaired) electrons. The molecule has 1 saturated heterocycles. The number of aromatic nitrogens is 2. The van der Waals surface area contributed by atoms with E-state index in [1.165, 1.54) is 18.5 Å². The molecule has 0 N–H and O–H groups in total. The third-order valence-corrected chi connectivity index (χ3v) is 5.70. The zero-order chi connectivity index (χ0) is 23.4. The molecule has 0 bridgehead atoms. The Morgan fingerprint density at radius 1 is 1.09 bits per heavy atom. The highest BCUT2D eigenvalue weighted by molar-refractivity contribution is 5.79. The van der Waals surface area contributed by atoms with Crippen molar-refractivity contribution in [3.05, 3.63) is 71.8 Å². The second-order valence-electron chi connectivity index (χ2n) is 8.16. The maximum absolute atomic E-state index is 13.1. The molecule has 1 aliphatic rings. The Kier molecular flexibility index (Phi) is 6.72. The molecule has 172 valence electrons. The number of methoxy groups -OCH3 is 1. The number of ether oxygens (including phenoxy) is 2. The molecule has 2 aromatic carbocycles. The minimum Gasteiger partial charge on any atom is -0.493 e. The monoisotopic (exact) mass is 450 g/mol. The van der Waals surface area contributed by atoms with E-state index in [-0.39, 0.29) is 24.2 Å². The summed E-state index contributed by atoms with van der Waals surface area (Å²) in [6.07, 6.45) is 1.73. The lowest BCUT2D eigenvalue weighted by Gasteiger charge is -2.40. The van der Waals surface area contributed by atoms with Crippen molar-refractivity contribution in [2.24, 2.45) is 0 Å². The van der Waals surface area contributed by atoms with Gasteiger partial charge in [-0.1, -0.05) is 18.2 Å². The first-order valence-electron chi connectivity index (χ1n) is 10.9. The van der Waals surface area contributed by atoms with Gasteiger partial charge >= 0.3 is 0 Å². The summed E-state index contributed by atoms with van der Waals surface area (Å²) in [6, 6.07) is 13.6. The highest BCUT2D eigenvalue weighted by Gasteiger charge is 2.28. The standard InChI is InChI=1S/C25H27FN4O3/c1-17-4-9-21(22(12-17)32-3)33-24-14-23(27-16-28-24)29-10-11-30(18(2)15-29)25(31)13-19-5-7-20(26)8-6-19/h4-9,12,14,16,18H,10-11,13,15H2,1-3H3. The van der Waals surface area contributed by atoms with Crippen LogP contribution in [0.3, 0.4) is 0 Å². The van der Waals surface area contributed by atoms with Gasteiger partial charge in [0, 0.05) is 31.7 Å². The number of hydrogen-bond donors (Lipinski definition) is 0. The van der Waals surface area contributed by atoms with Crippen molar-refractivity contribution in [1.82, 2.24) is 14.9 Å². The zero-order valence-electron chi connectivity index (χ0n) is 19.0. The van der Waals surface area contributed by atoms with Crippen LogP contribution in [0.15, 0.2) is 54.9 Å². The third kappa shape index (κ3) is 5.39. The van der Waals surface area contributed by atoms with Gasteiger partial charge in [0.15, 0.2) is 11.5 Å². The maximum Gasteiger partial charge on any atom is 0.227 e. The van der Waals surface area contributed by atoms with Gasteiger partial charge in [-0.2, -0.15) is 0 Å². The van der Waals surface area contributed by atoms with E-state index in [0.29, 0.717) is 37.0 Å². The molecule has 33 heavy (non-hydrogen) atoms. The number of hydrogen-bond acceptors (Lipinski definition) is 6. The minimum absolute atomic E-state index is 0.00299. The first-order chi connectivity index (χ1) is 15.9. The number of aryl methyl sites for hydroxylation is 1. The fourth-order valence-electron chi connectivity index (χ4n) is 3.95. The molecule has 1 aliphatic heterocycles. The van der Waals surface area contributed by atoms with Gasteiger partial charge in [0.05, 0.1) is 13.5 Å². The number of carbonyl (C=O) groups is 1. The molecule has 0 saturated carbocycles. The topological polar surface area (TPSA) is 67.8 Å². The molecular weight excluding hydrogens is 423 g/mol. The molecular formula is C25H27FN4O3. The summed E-state index contributed by atoms with van der Waals surface area (Å²) in [5.41, 5.74) is 1.88. The first kappa shape index (κ1) is 22.5. The SMILES string of the molecule is COc1cc(C)ccc1Oc1cc(N2CCN(C(=O)Cc3ccc(F)cc3)C(C)C2)ncn1. The van der Waals surface area contributed by atoms with E-state index in [9.17, 15) is 9.18 Å². The van der Waals surface area contributed by atoms with E-state index in [4.69, 9.17) is 9.47 Å². The summed E-state index contributed by atoms with van der Waals surface area (Å²) >= 11 is 0. The minimum atomic E-state index is -0.304. The molecule has 3 aromatic rings. The van der Waals surface area contributed by atoms with Gasteiger partial charge in [0.2, 0.25) is 11.8 Å². The Morgan fingerprint density at radius 2 is 1.88 bits per heavy atom. The molecule has 2 heterocycles. The van der Waals surface area contributed by atoms with E-state index < -0.39 is 0 Å². The molecule has 0 aliphatic carbocycles. The van der Waals surface area contributed by atoms with Crippen LogP contribution >= 0.6 is 0 Å². The molecule has 7 nitrogen and oxygen atoms in total. The predicted molar refractivity (Wildman–Crippen MR) is 123 cm³/mol. The van der Waals surface area contributed by atoms with E-state index in [1.807, 2.05) is 36.9 Å². The lowest BCUT2D eigenvalue weighted by Crippen LogP contribution is -2.54. The smallest absolute Gasteiger partial charge is 0.227 e. The summed E-state index contributed by atoms with van der Waals surface area (Å²) in [5, 5.41) is 0. The number of anilines is 1. The van der Waals surface area contributed by atoms with Crippen molar-refractivity contribution in [3.8, 4) is 17.4 Å². The maximum atomic E-state index is 13.1. The van der Waals surface area contributed by atoms with Crippen LogP contribution in [-0.4, -0.2) is 53.6 Å². The van der Waals surface area contributed by atoms with Crippen LogP contribution in [0.4, 0.5) is 10.2 Å². The largest absolute Gasteiger partial charge is 0.493 e. The third-order valence-electron chi connectivity index (χ3n) is 5.70. The highest BCUT2D eigenvalue weighted by atomic mass is 19.1. The van der Waals surface area contributed by atoms with Crippen LogP contribution in [0.1, 0.15) is 18.1 Å². The van der Waals surface area contributed by atoms with Gasteiger partial charge in [-0.15, -0.1) is 0 Å². The van der Waals surface area contributed by atoms with E-state index >= 15 is 0 Å². The van der Waals surface area contributed by atoms with E-state index in [1.54, 1.807) is 25.3 Å². The van der Waals surface area contributed by atoms with Crippen molar-refractivity contribution in [1.29, 1.82) is 0 Å². The summed E-state index contributed by atoms with van der Waals surface area (Å²) in [6.45, 7) is 5.86. The van der Waals surface area contributed by atoms with Crippen LogP contribution in [-0.2, 0) is 11.2 Å². The Bertz CT molecular complexity index is 1120. The summed E-state index contributed by atoms with van der Waals surface area (Å²) < 4.78 is 24.5. The lowest BCUT2D eigenvalue weighted by molar-refractivity contribution is -0.132. The molecule has 1 fully saturated rings. The fraction of sp³-hybridized carbons (Fsp3) is 0.320. The molecule has 0 spiro atoms. The summed E-state index contributed by atoms with van der Waals surface area (Å²) in [7, 11) is 1.60. The van der Waals surface area contributed by atoms with Crippen LogP contribution < -0.4 is 14.4 Å². The van der Waals surface area contributed by atoms with Gasteiger partial charge in [-0.3, -0.25) is 4.79 Å². The Morgan fingerprint density at radius 3 is 2.61 bits per heavy atom. The van der Waals surface area contributed by atoms with E-state index in [0.717, 1.165) is 16.9 Å². The van der Waals surface area contributed by atoms with Crippen molar-refractivity contribution < 1.29 is 18.7 Å². The van der Waals surface area contributed by atoms with Gasteiger partial charge in [-0.05, 0) is 49.2 Å². The highest BCUT2D eigenvalue weighted by Crippen LogP contribution is 2.32. The first-order valence-corrected chi connectivity index (χ1v) is 10.9. The number of amides is 1. The quantitative estimate of drug-likeness (QED) is 0.566. The Labute approximate surface area is 192 Å². The van der Waals surface area contributed by atoms with E-state index in [2.05, 4.69) is 14.9 Å². The summed E-state index contributed by atoms with van der Waals surface area (Å²) in [4.78, 5) is 25.4. The number of benzene rings is 2. The van der Waals surface area contributed by atoms with Crippen molar-refractivity contribution in [3.63, 3.8) is 0 Å². The van der Waals surface area contributed by atoms with Gasteiger partial charge in [0.25, 0.3) is 0 Å². The fourth-order valence-corrected chi connectivity index (χ4v) is 3.95. The zero-order valence-corrected chi connectivity index (χ0v) is 19.0. The van der Waals surface area contributed by atoms with Crippen molar-refractivity contribution in [2.75, 3.05) is 31.6 Å². The number of carbonyl (C=O) groups excluding carboxylic acids is 1. The van der Waals surface area contributed by atoms with Crippen LogP contribution in [0, 0.1) is 12.7 Å². The molecule has 1 unspecified atom stereocenters. The number of rotatable bonds is 6. The van der Waals surface area contributed by atoms with Crippen LogP contribution in [0.2, 0.25) is 0 Å². The van der Waals surface area contributed by atoms with Gasteiger partial charge in [-0.25, -0.2) is 14.4 Å². The van der Waals surface area contributed by atoms with Crippen molar-refractivity contribution >= 4 is 11.7 Å². The van der Waals surface area contributed by atoms with Gasteiger partial charge in [0.1, 0.15) is 18.0 Å². The summed E-state index contributed by atoms with van der Waals surface area (Å²) in [5.74, 6) is 2.11. The molecule has 8 heteroatoms. The Balaban J connectivity index is 1.41. The second-order valence-corrected chi connectivity index (χ2v) is 8.16. The number of nitrogens with zero attached hydrogens (tertiary/aromatic N) is 4. The molecule has 1 atom stereocenters. The van der Waals surface area contributed by atoms with Crippen LogP contribution in [0.25, 0.3) is 0 Å². The normalized spacial score (nSPS) is 15.9. The lowest BCUT2D eigenvalue weighted by atomic mass is 10.1. The van der Waals surface area contributed by atoms with Gasteiger partial charge < -0.3 is 19.3 Å². The molecule has 1 aromatic heterocycles. The molecule has 4 rings (SSSR count). The molecule has 1 amide bonds. The second kappa shape index (κ2) is 9.85. The number of halogens is 1. The predicted octanol–water partition coefficient (Wildman–Crippen LogP) is 4.00. The van der Waals surface area contributed by atoms with Crippen LogP contribution in [0.5, 0.6) is 17.4 Å². The average Bonchev–Trinajstić information content (AvgIpc) is 2.81. The Hall–Kier alpha value is -3.68.